The zero-order valence-electron chi connectivity index (χ0n) is 11.9. The second kappa shape index (κ2) is 6.55. The van der Waals surface area contributed by atoms with Crippen molar-refractivity contribution in [1.82, 2.24) is 10.2 Å². The van der Waals surface area contributed by atoms with Crippen LogP contribution in [-0.2, 0) is 0 Å². The molecule has 114 valence electrons. The van der Waals surface area contributed by atoms with Crippen LogP contribution < -0.4 is 5.32 Å². The third kappa shape index (κ3) is 3.05. The Balaban J connectivity index is 1.85. The Labute approximate surface area is 135 Å². The van der Waals surface area contributed by atoms with Crippen LogP contribution in [-0.4, -0.2) is 36.0 Å². The van der Waals surface area contributed by atoms with Gasteiger partial charge in [-0.1, -0.05) is 29.3 Å². The van der Waals surface area contributed by atoms with Gasteiger partial charge in [0.25, 0.3) is 5.91 Å². The lowest BCUT2D eigenvalue weighted by Crippen LogP contribution is -2.52. The lowest BCUT2D eigenvalue weighted by Gasteiger charge is -2.39. The van der Waals surface area contributed by atoms with Gasteiger partial charge in [-0.05, 0) is 50.8 Å². The number of nitrogens with zero attached hydrogens (tertiary/aromatic N) is 1. The second-order valence-electron chi connectivity index (χ2n) is 5.87. The second-order valence-corrected chi connectivity index (χ2v) is 6.65. The summed E-state index contributed by atoms with van der Waals surface area (Å²) in [4.78, 5) is 14.9. The summed E-state index contributed by atoms with van der Waals surface area (Å²) < 4.78 is 0. The van der Waals surface area contributed by atoms with Gasteiger partial charge in [0.05, 0.1) is 15.6 Å². The molecule has 3 rings (SSSR count). The van der Waals surface area contributed by atoms with Gasteiger partial charge in [-0.3, -0.25) is 4.79 Å². The van der Waals surface area contributed by atoms with Gasteiger partial charge < -0.3 is 10.2 Å². The first kappa shape index (κ1) is 15.1. The molecule has 2 aliphatic heterocycles. The SMILES string of the molecule is O=C(c1cccc(Cl)c1Cl)N1CCCCC1C1CCCN1. The predicted octanol–water partition coefficient (Wildman–Crippen LogP) is 3.74. The molecule has 2 atom stereocenters. The number of nitrogens with one attached hydrogen (secondary N) is 1. The molecule has 1 amide bonds. The lowest BCUT2D eigenvalue weighted by molar-refractivity contribution is 0.0564. The minimum Gasteiger partial charge on any atom is -0.334 e. The summed E-state index contributed by atoms with van der Waals surface area (Å²) in [5, 5.41) is 4.34. The van der Waals surface area contributed by atoms with Gasteiger partial charge in [-0.25, -0.2) is 0 Å². The van der Waals surface area contributed by atoms with Crippen LogP contribution in [0.4, 0.5) is 0 Å². The normalized spacial score (nSPS) is 26.1. The summed E-state index contributed by atoms with van der Waals surface area (Å²) in [6.45, 7) is 1.87. The molecule has 1 aromatic rings. The first-order chi connectivity index (χ1) is 10.2. The average Bonchev–Trinajstić information content (AvgIpc) is 3.03. The van der Waals surface area contributed by atoms with Crippen LogP contribution in [0.15, 0.2) is 18.2 Å². The van der Waals surface area contributed by atoms with E-state index in [1.807, 2.05) is 4.90 Å². The van der Waals surface area contributed by atoms with Gasteiger partial charge in [-0.15, -0.1) is 0 Å². The van der Waals surface area contributed by atoms with Crippen molar-refractivity contribution in [2.75, 3.05) is 13.1 Å². The molecule has 2 saturated heterocycles. The molecule has 3 nitrogen and oxygen atoms in total. The number of amides is 1. The first-order valence-corrected chi connectivity index (χ1v) is 8.42. The average molecular weight is 327 g/mol. The molecular formula is C16H20Cl2N2O. The summed E-state index contributed by atoms with van der Waals surface area (Å²) >= 11 is 12.3. The smallest absolute Gasteiger partial charge is 0.255 e. The molecule has 5 heteroatoms. The summed E-state index contributed by atoms with van der Waals surface area (Å²) in [6, 6.07) is 5.97. The minimum atomic E-state index is 0.0147. The quantitative estimate of drug-likeness (QED) is 0.897. The number of carbonyl (C=O) groups excluding carboxylic acids is 1. The third-order valence-corrected chi connectivity index (χ3v) is 5.37. The first-order valence-electron chi connectivity index (χ1n) is 7.67. The van der Waals surface area contributed by atoms with Crippen molar-refractivity contribution in [2.24, 2.45) is 0 Å². The Morgan fingerprint density at radius 2 is 2.05 bits per heavy atom. The van der Waals surface area contributed by atoms with Crippen LogP contribution in [0.5, 0.6) is 0 Å². The Kier molecular flexibility index (Phi) is 4.72. The van der Waals surface area contributed by atoms with Crippen molar-refractivity contribution in [3.05, 3.63) is 33.8 Å². The Hall–Kier alpha value is -0.770. The summed E-state index contributed by atoms with van der Waals surface area (Å²) in [5.74, 6) is 0.0147. The topological polar surface area (TPSA) is 32.3 Å². The summed E-state index contributed by atoms with van der Waals surface area (Å²) in [5.41, 5.74) is 0.522. The van der Waals surface area contributed by atoms with Gasteiger partial charge >= 0.3 is 0 Å². The molecule has 2 unspecified atom stereocenters. The van der Waals surface area contributed by atoms with Crippen LogP contribution in [0.1, 0.15) is 42.5 Å². The van der Waals surface area contributed by atoms with Crippen LogP contribution >= 0.6 is 23.2 Å². The monoisotopic (exact) mass is 326 g/mol. The number of halogens is 2. The van der Waals surface area contributed by atoms with Gasteiger partial charge in [0.15, 0.2) is 0 Å². The number of piperidine rings is 1. The maximum absolute atomic E-state index is 12.9. The summed E-state index contributed by atoms with van der Waals surface area (Å²) in [6.07, 6.45) is 5.67. The van der Waals surface area contributed by atoms with Gasteiger partial charge in [-0.2, -0.15) is 0 Å². The molecular weight excluding hydrogens is 307 g/mol. The van der Waals surface area contributed by atoms with E-state index in [2.05, 4.69) is 5.32 Å². The lowest BCUT2D eigenvalue weighted by atomic mass is 9.93. The molecule has 0 bridgehead atoms. The highest BCUT2D eigenvalue weighted by molar-refractivity contribution is 6.43. The van der Waals surface area contributed by atoms with Crippen molar-refractivity contribution in [2.45, 2.75) is 44.2 Å². The van der Waals surface area contributed by atoms with E-state index >= 15 is 0 Å². The van der Waals surface area contributed by atoms with Crippen LogP contribution in [0.2, 0.25) is 10.0 Å². The van der Waals surface area contributed by atoms with Gasteiger partial charge in [0.1, 0.15) is 0 Å². The maximum atomic E-state index is 12.9. The predicted molar refractivity (Wildman–Crippen MR) is 86.2 cm³/mol. The molecule has 21 heavy (non-hydrogen) atoms. The van der Waals surface area contributed by atoms with Gasteiger partial charge in [0, 0.05) is 18.6 Å². The van der Waals surface area contributed by atoms with Crippen LogP contribution in [0.25, 0.3) is 0 Å². The van der Waals surface area contributed by atoms with Crippen molar-refractivity contribution in [3.8, 4) is 0 Å². The fraction of sp³-hybridized carbons (Fsp3) is 0.562. The molecule has 2 fully saturated rings. The van der Waals surface area contributed by atoms with E-state index < -0.39 is 0 Å². The highest BCUT2D eigenvalue weighted by Crippen LogP contribution is 2.30. The summed E-state index contributed by atoms with van der Waals surface area (Å²) in [7, 11) is 0. The standard InChI is InChI=1S/C16H20Cl2N2O/c17-12-6-3-5-11(15(12)18)16(21)20-10-2-1-8-14(20)13-7-4-9-19-13/h3,5-6,13-14,19H,1-2,4,7-10H2. The fourth-order valence-corrected chi connectivity index (χ4v) is 3.87. The maximum Gasteiger partial charge on any atom is 0.255 e. The molecule has 2 heterocycles. The third-order valence-electron chi connectivity index (χ3n) is 4.55. The van der Waals surface area contributed by atoms with E-state index in [9.17, 15) is 4.79 Å². The van der Waals surface area contributed by atoms with Crippen molar-refractivity contribution in [1.29, 1.82) is 0 Å². The number of benzene rings is 1. The van der Waals surface area contributed by atoms with Crippen LogP contribution in [0, 0.1) is 0 Å². The highest BCUT2D eigenvalue weighted by atomic mass is 35.5. The molecule has 1 aromatic carbocycles. The Morgan fingerprint density at radius 1 is 1.19 bits per heavy atom. The molecule has 0 radical (unpaired) electrons. The van der Waals surface area contributed by atoms with E-state index in [1.165, 1.54) is 12.8 Å². The number of hydrogen-bond acceptors (Lipinski definition) is 2. The van der Waals surface area contributed by atoms with Gasteiger partial charge in [0.2, 0.25) is 0 Å². The zero-order valence-corrected chi connectivity index (χ0v) is 13.5. The molecule has 0 saturated carbocycles. The Morgan fingerprint density at radius 3 is 2.81 bits per heavy atom. The van der Waals surface area contributed by atoms with Crippen molar-refractivity contribution in [3.63, 3.8) is 0 Å². The zero-order chi connectivity index (χ0) is 14.8. The molecule has 0 aliphatic carbocycles. The van der Waals surface area contributed by atoms with E-state index in [0.717, 1.165) is 32.4 Å². The Bertz CT molecular complexity index is 529. The van der Waals surface area contributed by atoms with Crippen molar-refractivity contribution >= 4 is 29.1 Å². The van der Waals surface area contributed by atoms with E-state index in [-0.39, 0.29) is 11.9 Å². The minimum absolute atomic E-state index is 0.0147. The van der Waals surface area contributed by atoms with Crippen molar-refractivity contribution < 1.29 is 4.79 Å². The largest absolute Gasteiger partial charge is 0.334 e. The van der Waals surface area contributed by atoms with E-state index in [1.54, 1.807) is 18.2 Å². The van der Waals surface area contributed by atoms with Crippen LogP contribution in [0.3, 0.4) is 0 Å². The number of rotatable bonds is 2. The number of likely N-dealkylation sites (tertiary alicyclic amines) is 1. The highest BCUT2D eigenvalue weighted by Gasteiger charge is 2.35. The molecule has 0 spiro atoms. The molecule has 0 aromatic heterocycles. The molecule has 1 N–H and O–H groups in total. The number of hydrogen-bond donors (Lipinski definition) is 1. The van der Waals surface area contributed by atoms with E-state index in [0.29, 0.717) is 21.7 Å². The number of carbonyl (C=O) groups is 1. The fourth-order valence-electron chi connectivity index (χ4n) is 3.49. The molecule has 2 aliphatic rings. The van der Waals surface area contributed by atoms with E-state index in [4.69, 9.17) is 23.2 Å².